The lowest BCUT2D eigenvalue weighted by Crippen LogP contribution is -2.47. The first kappa shape index (κ1) is 19.6. The maximum atomic E-state index is 13.2. The van der Waals surface area contributed by atoms with E-state index in [1.807, 2.05) is 12.1 Å². The molecular formula is C20H26N6O2. The van der Waals surface area contributed by atoms with Crippen molar-refractivity contribution in [2.45, 2.75) is 45.7 Å². The van der Waals surface area contributed by atoms with E-state index >= 15 is 0 Å². The number of carbonyl (C=O) groups is 2. The first-order chi connectivity index (χ1) is 13.2. The number of allylic oxidation sites excluding steroid dienone is 1. The average molecular weight is 382 g/mol. The zero-order valence-corrected chi connectivity index (χ0v) is 16.8. The van der Waals surface area contributed by atoms with Gasteiger partial charge in [-0.3, -0.25) is 14.9 Å². The third-order valence-electron chi connectivity index (χ3n) is 4.67. The molecule has 8 nitrogen and oxygen atoms in total. The molecule has 28 heavy (non-hydrogen) atoms. The Morgan fingerprint density at radius 2 is 2.07 bits per heavy atom. The van der Waals surface area contributed by atoms with Crippen molar-refractivity contribution in [3.05, 3.63) is 58.8 Å². The molecule has 1 atom stereocenters. The van der Waals surface area contributed by atoms with Gasteiger partial charge in [0, 0.05) is 30.6 Å². The van der Waals surface area contributed by atoms with Gasteiger partial charge in [0.15, 0.2) is 0 Å². The molecule has 0 saturated heterocycles. The number of nitrogens with zero attached hydrogens (tertiary/aromatic N) is 3. The summed E-state index contributed by atoms with van der Waals surface area (Å²) in [4.78, 5) is 30.9. The van der Waals surface area contributed by atoms with Crippen molar-refractivity contribution in [2.24, 2.45) is 0 Å². The Labute approximate surface area is 164 Å². The lowest BCUT2D eigenvalue weighted by molar-refractivity contribution is -0.126. The van der Waals surface area contributed by atoms with Crippen molar-refractivity contribution in [1.29, 1.82) is 0 Å². The van der Waals surface area contributed by atoms with Crippen LogP contribution in [-0.4, -0.2) is 39.1 Å². The number of urea groups is 1. The van der Waals surface area contributed by atoms with E-state index in [9.17, 15) is 9.59 Å². The highest BCUT2D eigenvalue weighted by atomic mass is 16.2. The van der Waals surface area contributed by atoms with Crippen molar-refractivity contribution in [2.75, 3.05) is 7.05 Å². The SMILES string of the molecule is CC1=C(C(=O)N(C)Cc2cc(C(C)(C)C)n[nH]2)[C@@H](c2cccnc2)NC(=O)N1. The van der Waals surface area contributed by atoms with Crippen molar-refractivity contribution in [3.8, 4) is 0 Å². The predicted molar refractivity (Wildman–Crippen MR) is 105 cm³/mol. The van der Waals surface area contributed by atoms with Crippen LogP contribution in [0.2, 0.25) is 0 Å². The Kier molecular flexibility index (Phi) is 5.22. The normalized spacial score (nSPS) is 17.2. The second kappa shape index (κ2) is 7.46. The quantitative estimate of drug-likeness (QED) is 0.755. The molecule has 1 aliphatic heterocycles. The highest BCUT2D eigenvalue weighted by Gasteiger charge is 2.33. The number of H-pyrrole nitrogens is 1. The van der Waals surface area contributed by atoms with Crippen LogP contribution in [-0.2, 0) is 16.8 Å². The summed E-state index contributed by atoms with van der Waals surface area (Å²) in [5, 5.41) is 12.9. The second-order valence-corrected chi connectivity index (χ2v) is 8.05. The van der Waals surface area contributed by atoms with Gasteiger partial charge in [-0.25, -0.2) is 4.79 Å². The van der Waals surface area contributed by atoms with Crippen molar-refractivity contribution >= 4 is 11.9 Å². The molecule has 0 fully saturated rings. The van der Waals surface area contributed by atoms with Crippen LogP contribution in [0.15, 0.2) is 41.9 Å². The van der Waals surface area contributed by atoms with E-state index in [-0.39, 0.29) is 17.4 Å². The van der Waals surface area contributed by atoms with E-state index in [1.54, 1.807) is 37.3 Å². The maximum Gasteiger partial charge on any atom is 0.319 e. The predicted octanol–water partition coefficient (Wildman–Crippen LogP) is 2.39. The standard InChI is InChI=1S/C20H26N6O2/c1-12-16(17(23-19(28)22-12)13-7-6-8-21-10-13)18(27)26(5)11-14-9-15(25-24-14)20(2,3)4/h6-10,17H,11H2,1-5H3,(H,24,25)(H2,22,23,28)/t17-/m1/s1. The van der Waals surface area contributed by atoms with Crippen LogP contribution < -0.4 is 10.6 Å². The zero-order chi connectivity index (χ0) is 20.5. The number of rotatable bonds is 4. The molecular weight excluding hydrogens is 356 g/mol. The monoisotopic (exact) mass is 382 g/mol. The number of hydrogen-bond donors (Lipinski definition) is 3. The van der Waals surface area contributed by atoms with Gasteiger partial charge in [0.2, 0.25) is 0 Å². The Hall–Kier alpha value is -3.16. The summed E-state index contributed by atoms with van der Waals surface area (Å²) in [5.41, 5.74) is 3.51. The molecule has 3 amide bonds. The number of hydrogen-bond acceptors (Lipinski definition) is 4. The summed E-state index contributed by atoms with van der Waals surface area (Å²) in [6.07, 6.45) is 3.31. The van der Waals surface area contributed by atoms with Crippen LogP contribution in [0.4, 0.5) is 4.79 Å². The molecule has 0 spiro atoms. The number of likely N-dealkylation sites (N-methyl/N-ethyl adjacent to an activating group) is 1. The summed E-state index contributed by atoms with van der Waals surface area (Å²) in [6.45, 7) is 8.38. The third-order valence-corrected chi connectivity index (χ3v) is 4.67. The van der Waals surface area contributed by atoms with Gasteiger partial charge in [-0.05, 0) is 24.6 Å². The fourth-order valence-electron chi connectivity index (χ4n) is 3.13. The molecule has 148 valence electrons. The molecule has 0 unspecified atom stereocenters. The Morgan fingerprint density at radius 1 is 1.32 bits per heavy atom. The lowest BCUT2D eigenvalue weighted by atomic mass is 9.92. The molecule has 3 rings (SSSR count). The molecule has 2 aromatic rings. The van der Waals surface area contributed by atoms with Crippen LogP contribution in [0.5, 0.6) is 0 Å². The molecule has 3 N–H and O–H groups in total. The van der Waals surface area contributed by atoms with Crippen LogP contribution in [0.25, 0.3) is 0 Å². The minimum absolute atomic E-state index is 0.0700. The molecule has 3 heterocycles. The summed E-state index contributed by atoms with van der Waals surface area (Å²) in [7, 11) is 1.73. The summed E-state index contributed by atoms with van der Waals surface area (Å²) in [5.74, 6) is -0.175. The third kappa shape index (κ3) is 4.05. The molecule has 0 aromatic carbocycles. The van der Waals surface area contributed by atoms with Crippen molar-refractivity contribution < 1.29 is 9.59 Å². The molecule has 0 aliphatic carbocycles. The summed E-state index contributed by atoms with van der Waals surface area (Å²) in [6, 6.07) is 4.71. The van der Waals surface area contributed by atoms with Gasteiger partial charge in [-0.1, -0.05) is 26.8 Å². The fraction of sp³-hybridized carbons (Fsp3) is 0.400. The van der Waals surface area contributed by atoms with E-state index in [2.05, 4.69) is 46.6 Å². The Morgan fingerprint density at radius 3 is 2.68 bits per heavy atom. The molecule has 2 aromatic heterocycles. The van der Waals surface area contributed by atoms with E-state index in [0.717, 1.165) is 17.0 Å². The molecule has 1 aliphatic rings. The maximum absolute atomic E-state index is 13.2. The molecule has 0 radical (unpaired) electrons. The Balaban J connectivity index is 1.85. The van der Waals surface area contributed by atoms with Crippen LogP contribution in [0.3, 0.4) is 0 Å². The number of pyridine rings is 1. The van der Waals surface area contributed by atoms with E-state index < -0.39 is 6.04 Å². The first-order valence-electron chi connectivity index (χ1n) is 9.15. The fourth-order valence-corrected chi connectivity index (χ4v) is 3.13. The molecule has 0 bridgehead atoms. The largest absolute Gasteiger partial charge is 0.336 e. The lowest BCUT2D eigenvalue weighted by Gasteiger charge is -2.30. The van der Waals surface area contributed by atoms with Crippen molar-refractivity contribution in [1.82, 2.24) is 30.7 Å². The minimum Gasteiger partial charge on any atom is -0.336 e. The van der Waals surface area contributed by atoms with Gasteiger partial charge in [0.25, 0.3) is 5.91 Å². The van der Waals surface area contributed by atoms with Gasteiger partial charge in [-0.15, -0.1) is 0 Å². The Bertz CT molecular complexity index is 910. The van der Waals surface area contributed by atoms with Gasteiger partial charge >= 0.3 is 6.03 Å². The van der Waals surface area contributed by atoms with E-state index in [4.69, 9.17) is 0 Å². The smallest absolute Gasteiger partial charge is 0.319 e. The zero-order valence-electron chi connectivity index (χ0n) is 16.8. The number of aromatic amines is 1. The van der Waals surface area contributed by atoms with E-state index in [0.29, 0.717) is 17.8 Å². The van der Waals surface area contributed by atoms with Crippen LogP contribution in [0.1, 0.15) is 50.7 Å². The molecule has 8 heteroatoms. The topological polar surface area (TPSA) is 103 Å². The van der Waals surface area contributed by atoms with Crippen LogP contribution >= 0.6 is 0 Å². The van der Waals surface area contributed by atoms with Gasteiger partial charge in [-0.2, -0.15) is 5.10 Å². The van der Waals surface area contributed by atoms with Gasteiger partial charge in [0.1, 0.15) is 0 Å². The van der Waals surface area contributed by atoms with Crippen molar-refractivity contribution in [3.63, 3.8) is 0 Å². The van der Waals surface area contributed by atoms with Gasteiger partial charge < -0.3 is 15.5 Å². The number of aromatic nitrogens is 3. The van der Waals surface area contributed by atoms with Gasteiger partial charge in [0.05, 0.1) is 29.5 Å². The summed E-state index contributed by atoms with van der Waals surface area (Å²) >= 11 is 0. The number of carbonyl (C=O) groups excluding carboxylic acids is 2. The number of amides is 3. The average Bonchev–Trinajstić information content (AvgIpc) is 3.10. The molecule has 0 saturated carbocycles. The second-order valence-electron chi connectivity index (χ2n) is 8.05. The minimum atomic E-state index is -0.552. The highest BCUT2D eigenvalue weighted by Crippen LogP contribution is 2.28. The summed E-state index contributed by atoms with van der Waals surface area (Å²) < 4.78 is 0. The first-order valence-corrected chi connectivity index (χ1v) is 9.15. The number of nitrogens with one attached hydrogen (secondary N) is 3. The van der Waals surface area contributed by atoms with Crippen LogP contribution in [0, 0.1) is 0 Å². The van der Waals surface area contributed by atoms with E-state index in [1.165, 1.54) is 0 Å². The highest BCUT2D eigenvalue weighted by molar-refractivity contribution is 5.98.